The third kappa shape index (κ3) is 3.34. The van der Waals surface area contributed by atoms with Gasteiger partial charge in [0.05, 0.1) is 11.8 Å². The summed E-state index contributed by atoms with van der Waals surface area (Å²) in [5, 5.41) is 9.18. The number of nitrogens with two attached hydrogens (primary N) is 1. The standard InChI is InChI=1S/C9H11N3S/c10-5-1-2-7-13-9-8(11)4-3-6-12-9/h3-4,6H,1-2,7,11H2. The summed E-state index contributed by atoms with van der Waals surface area (Å²) in [4.78, 5) is 4.13. The minimum Gasteiger partial charge on any atom is -0.397 e. The van der Waals surface area contributed by atoms with Crippen LogP contribution < -0.4 is 5.73 Å². The molecule has 0 aliphatic carbocycles. The van der Waals surface area contributed by atoms with Crippen molar-refractivity contribution in [3.8, 4) is 6.07 Å². The van der Waals surface area contributed by atoms with Gasteiger partial charge in [0.25, 0.3) is 0 Å². The van der Waals surface area contributed by atoms with Crippen LogP contribution in [-0.2, 0) is 0 Å². The predicted octanol–water partition coefficient (Wildman–Crippen LogP) is 2.06. The van der Waals surface area contributed by atoms with E-state index in [4.69, 9.17) is 11.0 Å². The van der Waals surface area contributed by atoms with Crippen molar-refractivity contribution in [1.82, 2.24) is 4.98 Å². The Balaban J connectivity index is 2.37. The van der Waals surface area contributed by atoms with Gasteiger partial charge >= 0.3 is 0 Å². The van der Waals surface area contributed by atoms with E-state index in [1.54, 1.807) is 18.0 Å². The highest BCUT2D eigenvalue weighted by atomic mass is 32.2. The zero-order chi connectivity index (χ0) is 9.52. The van der Waals surface area contributed by atoms with Gasteiger partial charge in [-0.3, -0.25) is 0 Å². The molecule has 0 radical (unpaired) electrons. The van der Waals surface area contributed by atoms with E-state index in [-0.39, 0.29) is 0 Å². The average molecular weight is 193 g/mol. The number of thioether (sulfide) groups is 1. The Morgan fingerprint density at radius 2 is 2.46 bits per heavy atom. The Morgan fingerprint density at radius 1 is 1.62 bits per heavy atom. The Morgan fingerprint density at radius 3 is 3.15 bits per heavy atom. The van der Waals surface area contributed by atoms with Crippen molar-refractivity contribution in [2.24, 2.45) is 0 Å². The summed E-state index contributed by atoms with van der Waals surface area (Å²) < 4.78 is 0. The summed E-state index contributed by atoms with van der Waals surface area (Å²) in [6.07, 6.45) is 3.21. The molecule has 0 saturated carbocycles. The molecule has 0 aliphatic heterocycles. The third-order valence-corrected chi connectivity index (χ3v) is 2.58. The van der Waals surface area contributed by atoms with Gasteiger partial charge in [-0.25, -0.2) is 4.98 Å². The van der Waals surface area contributed by atoms with E-state index >= 15 is 0 Å². The molecule has 1 aromatic heterocycles. The molecule has 0 fully saturated rings. The Bertz CT molecular complexity index is 306. The lowest BCUT2D eigenvalue weighted by atomic mass is 10.4. The summed E-state index contributed by atoms with van der Waals surface area (Å²) in [6.45, 7) is 0. The van der Waals surface area contributed by atoms with Crippen LogP contribution in [0.2, 0.25) is 0 Å². The van der Waals surface area contributed by atoms with Gasteiger partial charge in [0.1, 0.15) is 5.03 Å². The van der Waals surface area contributed by atoms with Gasteiger partial charge in [-0.05, 0) is 18.6 Å². The first-order valence-electron chi connectivity index (χ1n) is 4.05. The maximum atomic E-state index is 8.32. The summed E-state index contributed by atoms with van der Waals surface area (Å²) in [5.41, 5.74) is 6.40. The maximum Gasteiger partial charge on any atom is 0.119 e. The second-order valence-electron chi connectivity index (χ2n) is 2.51. The van der Waals surface area contributed by atoms with Gasteiger partial charge in [-0.1, -0.05) is 0 Å². The highest BCUT2D eigenvalue weighted by molar-refractivity contribution is 7.99. The van der Waals surface area contributed by atoms with Crippen LogP contribution in [0.3, 0.4) is 0 Å². The predicted molar refractivity (Wildman–Crippen MR) is 54.2 cm³/mol. The molecular weight excluding hydrogens is 182 g/mol. The fourth-order valence-electron chi connectivity index (χ4n) is 0.844. The van der Waals surface area contributed by atoms with Crippen molar-refractivity contribution in [1.29, 1.82) is 5.26 Å². The summed E-state index contributed by atoms with van der Waals surface area (Å²) in [6, 6.07) is 5.75. The number of nitriles is 1. The van der Waals surface area contributed by atoms with E-state index < -0.39 is 0 Å². The number of hydrogen-bond donors (Lipinski definition) is 1. The lowest BCUT2D eigenvalue weighted by Gasteiger charge is -2.01. The summed E-state index contributed by atoms with van der Waals surface area (Å²) in [7, 11) is 0. The lowest BCUT2D eigenvalue weighted by molar-refractivity contribution is 0.977. The molecule has 4 heteroatoms. The number of anilines is 1. The molecule has 0 bridgehead atoms. The highest BCUT2D eigenvalue weighted by Crippen LogP contribution is 2.22. The number of rotatable bonds is 4. The van der Waals surface area contributed by atoms with Crippen LogP contribution >= 0.6 is 11.8 Å². The molecule has 0 atom stereocenters. The number of aromatic nitrogens is 1. The smallest absolute Gasteiger partial charge is 0.119 e. The van der Waals surface area contributed by atoms with E-state index in [2.05, 4.69) is 11.1 Å². The molecule has 0 saturated heterocycles. The number of pyridine rings is 1. The molecule has 68 valence electrons. The largest absolute Gasteiger partial charge is 0.397 e. The van der Waals surface area contributed by atoms with Gasteiger partial charge in [-0.2, -0.15) is 5.26 Å². The van der Waals surface area contributed by atoms with Gasteiger partial charge in [0.2, 0.25) is 0 Å². The van der Waals surface area contributed by atoms with E-state index in [1.807, 2.05) is 12.1 Å². The number of hydrogen-bond acceptors (Lipinski definition) is 4. The van der Waals surface area contributed by atoms with E-state index in [0.717, 1.165) is 17.2 Å². The molecule has 0 aliphatic rings. The first kappa shape index (κ1) is 9.87. The lowest BCUT2D eigenvalue weighted by Crippen LogP contribution is -1.91. The van der Waals surface area contributed by atoms with Gasteiger partial charge in [0.15, 0.2) is 0 Å². The molecule has 13 heavy (non-hydrogen) atoms. The summed E-state index contributed by atoms with van der Waals surface area (Å²) >= 11 is 1.60. The first-order chi connectivity index (χ1) is 6.34. The van der Waals surface area contributed by atoms with Crippen molar-refractivity contribution >= 4 is 17.4 Å². The van der Waals surface area contributed by atoms with Gasteiger partial charge in [0, 0.05) is 18.4 Å². The van der Waals surface area contributed by atoms with Crippen LogP contribution in [0.15, 0.2) is 23.4 Å². The van der Waals surface area contributed by atoms with Crippen LogP contribution in [0.1, 0.15) is 12.8 Å². The molecule has 0 amide bonds. The van der Waals surface area contributed by atoms with E-state index in [9.17, 15) is 0 Å². The molecule has 0 spiro atoms. The molecule has 1 rings (SSSR count). The SMILES string of the molecule is N#CCCCSc1ncccc1N. The van der Waals surface area contributed by atoms with Crippen LogP contribution in [-0.4, -0.2) is 10.7 Å². The minimum atomic E-state index is 0.597. The topological polar surface area (TPSA) is 62.7 Å². The molecule has 1 heterocycles. The fourth-order valence-corrected chi connectivity index (χ4v) is 1.70. The van der Waals surface area contributed by atoms with Crippen molar-refractivity contribution < 1.29 is 0 Å². The Kier molecular flexibility index (Phi) is 4.13. The average Bonchev–Trinajstić information content (AvgIpc) is 2.15. The quantitative estimate of drug-likeness (QED) is 0.587. The van der Waals surface area contributed by atoms with Gasteiger partial charge in [-0.15, -0.1) is 11.8 Å². The number of nitrogens with zero attached hydrogens (tertiary/aromatic N) is 2. The normalized spacial score (nSPS) is 9.46. The second-order valence-corrected chi connectivity index (χ2v) is 3.59. The van der Waals surface area contributed by atoms with E-state index in [1.165, 1.54) is 0 Å². The van der Waals surface area contributed by atoms with Crippen molar-refractivity contribution in [2.45, 2.75) is 17.9 Å². The van der Waals surface area contributed by atoms with Crippen molar-refractivity contribution in [2.75, 3.05) is 11.5 Å². The second kappa shape index (κ2) is 5.44. The first-order valence-corrected chi connectivity index (χ1v) is 5.03. The summed E-state index contributed by atoms with van der Waals surface area (Å²) in [5.74, 6) is 0.898. The van der Waals surface area contributed by atoms with Crippen molar-refractivity contribution in [3.63, 3.8) is 0 Å². The van der Waals surface area contributed by atoms with Crippen LogP contribution in [0.4, 0.5) is 5.69 Å². The van der Waals surface area contributed by atoms with Crippen LogP contribution in [0.25, 0.3) is 0 Å². The minimum absolute atomic E-state index is 0.597. The van der Waals surface area contributed by atoms with Gasteiger partial charge < -0.3 is 5.73 Å². The monoisotopic (exact) mass is 193 g/mol. The zero-order valence-corrected chi connectivity index (χ0v) is 8.05. The third-order valence-electron chi connectivity index (χ3n) is 1.47. The maximum absolute atomic E-state index is 8.32. The fraction of sp³-hybridized carbons (Fsp3) is 0.333. The van der Waals surface area contributed by atoms with Crippen LogP contribution in [0.5, 0.6) is 0 Å². The van der Waals surface area contributed by atoms with Crippen molar-refractivity contribution in [3.05, 3.63) is 18.3 Å². The Labute approximate surface area is 82.0 Å². The zero-order valence-electron chi connectivity index (χ0n) is 7.23. The molecule has 3 nitrogen and oxygen atoms in total. The molecule has 1 aromatic rings. The number of unbranched alkanes of at least 4 members (excludes halogenated alkanes) is 1. The molecule has 0 aromatic carbocycles. The highest BCUT2D eigenvalue weighted by Gasteiger charge is 1.98. The van der Waals surface area contributed by atoms with E-state index in [0.29, 0.717) is 12.1 Å². The van der Waals surface area contributed by atoms with Crippen LogP contribution in [0, 0.1) is 11.3 Å². The number of nitrogen functional groups attached to an aromatic ring is 1. The molecule has 0 unspecified atom stereocenters. The molecular formula is C9H11N3S. The Hall–Kier alpha value is -1.21. The molecule has 2 N–H and O–H groups in total.